The molecule has 1 heterocycles. The molecule has 0 radical (unpaired) electrons. The minimum Gasteiger partial charge on any atom is -0.382 e. The van der Waals surface area contributed by atoms with E-state index >= 15 is 0 Å². The number of nitrogens with zero attached hydrogens (tertiary/aromatic N) is 1. The fraction of sp³-hybridized carbons (Fsp3) is 0.333. The standard InChI is InChI=1S/C12H11F2NO3/c1-15-9(16)5-6-2-3-7(10(17)11(13)14)4-8(6)12(15)18/h2-4,10-11,17H,5H2,1H3. The van der Waals surface area contributed by atoms with Crippen LogP contribution in [0.4, 0.5) is 8.78 Å². The van der Waals surface area contributed by atoms with Crippen molar-refractivity contribution in [3.63, 3.8) is 0 Å². The number of fused-ring (bicyclic) bond motifs is 1. The van der Waals surface area contributed by atoms with Crippen molar-refractivity contribution in [1.29, 1.82) is 0 Å². The van der Waals surface area contributed by atoms with Gasteiger partial charge in [-0.3, -0.25) is 14.5 Å². The smallest absolute Gasteiger partial charge is 0.268 e. The fourth-order valence-electron chi connectivity index (χ4n) is 1.85. The number of rotatable bonds is 2. The zero-order chi connectivity index (χ0) is 13.4. The number of alkyl halides is 2. The third kappa shape index (κ3) is 1.99. The van der Waals surface area contributed by atoms with Gasteiger partial charge in [0.2, 0.25) is 5.91 Å². The molecule has 1 aliphatic heterocycles. The summed E-state index contributed by atoms with van der Waals surface area (Å²) < 4.78 is 24.8. The highest BCUT2D eigenvalue weighted by Gasteiger charge is 2.29. The molecule has 0 saturated heterocycles. The SMILES string of the molecule is CN1C(=O)Cc2ccc(C(O)C(F)F)cc2C1=O. The molecule has 0 bridgehead atoms. The summed E-state index contributed by atoms with van der Waals surface area (Å²) in [5, 5.41) is 9.26. The zero-order valence-corrected chi connectivity index (χ0v) is 9.56. The number of hydrogen-bond acceptors (Lipinski definition) is 3. The second-order valence-electron chi connectivity index (χ2n) is 4.13. The summed E-state index contributed by atoms with van der Waals surface area (Å²) in [7, 11) is 1.34. The van der Waals surface area contributed by atoms with E-state index in [1.807, 2.05) is 0 Å². The first-order valence-corrected chi connectivity index (χ1v) is 5.31. The van der Waals surface area contributed by atoms with Gasteiger partial charge in [-0.2, -0.15) is 0 Å². The van der Waals surface area contributed by atoms with Crippen LogP contribution in [-0.2, 0) is 11.2 Å². The summed E-state index contributed by atoms with van der Waals surface area (Å²) in [6.07, 6.45) is -4.78. The number of carbonyl (C=O) groups is 2. The Bertz CT molecular complexity index is 516. The predicted octanol–water partition coefficient (Wildman–Crippen LogP) is 1.14. The van der Waals surface area contributed by atoms with Crippen LogP contribution in [0.3, 0.4) is 0 Å². The average Bonchev–Trinajstić information content (AvgIpc) is 2.35. The van der Waals surface area contributed by atoms with Crippen LogP contribution in [0, 0.1) is 0 Å². The van der Waals surface area contributed by atoms with E-state index in [1.54, 1.807) is 0 Å². The molecule has 18 heavy (non-hydrogen) atoms. The van der Waals surface area contributed by atoms with Crippen molar-refractivity contribution in [2.75, 3.05) is 7.05 Å². The summed E-state index contributed by atoms with van der Waals surface area (Å²) in [5.41, 5.74) is 0.655. The zero-order valence-electron chi connectivity index (χ0n) is 9.56. The molecule has 0 fully saturated rings. The highest BCUT2D eigenvalue weighted by atomic mass is 19.3. The number of halogens is 2. The van der Waals surface area contributed by atoms with E-state index in [0.717, 1.165) is 4.90 Å². The number of hydrogen-bond donors (Lipinski definition) is 1. The Morgan fingerprint density at radius 2 is 2.00 bits per heavy atom. The fourth-order valence-corrected chi connectivity index (χ4v) is 1.85. The van der Waals surface area contributed by atoms with E-state index in [0.29, 0.717) is 5.56 Å². The monoisotopic (exact) mass is 255 g/mol. The molecule has 6 heteroatoms. The van der Waals surface area contributed by atoms with Gasteiger partial charge in [-0.25, -0.2) is 8.78 Å². The van der Waals surface area contributed by atoms with Crippen molar-refractivity contribution in [3.8, 4) is 0 Å². The molecule has 0 saturated carbocycles. The van der Waals surface area contributed by atoms with E-state index < -0.39 is 18.4 Å². The maximum Gasteiger partial charge on any atom is 0.268 e. The quantitative estimate of drug-likeness (QED) is 0.806. The third-order valence-electron chi connectivity index (χ3n) is 2.96. The average molecular weight is 255 g/mol. The Morgan fingerprint density at radius 3 is 2.61 bits per heavy atom. The first-order chi connectivity index (χ1) is 8.41. The highest BCUT2D eigenvalue weighted by molar-refractivity contribution is 6.09. The van der Waals surface area contributed by atoms with Crippen LogP contribution in [0.25, 0.3) is 0 Å². The van der Waals surface area contributed by atoms with Crippen LogP contribution in [-0.4, -0.2) is 35.3 Å². The van der Waals surface area contributed by atoms with Crippen molar-refractivity contribution in [3.05, 3.63) is 34.9 Å². The van der Waals surface area contributed by atoms with E-state index in [1.165, 1.54) is 25.2 Å². The molecule has 4 nitrogen and oxygen atoms in total. The molecule has 0 aliphatic carbocycles. The van der Waals surface area contributed by atoms with Crippen molar-refractivity contribution in [2.24, 2.45) is 0 Å². The minimum atomic E-state index is -2.92. The second-order valence-corrected chi connectivity index (χ2v) is 4.13. The number of aliphatic hydroxyl groups excluding tert-OH is 1. The molecule has 0 spiro atoms. The molecule has 96 valence electrons. The maximum absolute atomic E-state index is 12.4. The maximum atomic E-state index is 12.4. The first kappa shape index (κ1) is 12.6. The van der Waals surface area contributed by atoms with Gasteiger partial charge in [0.25, 0.3) is 12.3 Å². The van der Waals surface area contributed by atoms with Crippen molar-refractivity contribution >= 4 is 11.8 Å². The van der Waals surface area contributed by atoms with Crippen LogP contribution < -0.4 is 0 Å². The van der Waals surface area contributed by atoms with Gasteiger partial charge in [-0.05, 0) is 17.2 Å². The Labute approximate surface area is 102 Å². The molecule has 1 aliphatic rings. The molecule has 2 rings (SSSR count). The number of likely N-dealkylation sites (N-methyl/N-ethyl adjacent to an activating group) is 1. The molecule has 1 aromatic rings. The van der Waals surface area contributed by atoms with Gasteiger partial charge in [0, 0.05) is 12.6 Å². The molecule has 0 aromatic heterocycles. The van der Waals surface area contributed by atoms with Crippen LogP contribution in [0.5, 0.6) is 0 Å². The number of aliphatic hydroxyl groups is 1. The first-order valence-electron chi connectivity index (χ1n) is 5.31. The summed E-state index contributed by atoms with van der Waals surface area (Å²) in [5.74, 6) is -0.876. The number of amides is 2. The van der Waals surface area contributed by atoms with Crippen molar-refractivity contribution in [2.45, 2.75) is 19.0 Å². The summed E-state index contributed by atoms with van der Waals surface area (Å²) in [6, 6.07) is 3.96. The Morgan fingerprint density at radius 1 is 1.33 bits per heavy atom. The van der Waals surface area contributed by atoms with Gasteiger partial charge in [-0.15, -0.1) is 0 Å². The second kappa shape index (κ2) is 4.45. The van der Waals surface area contributed by atoms with Gasteiger partial charge < -0.3 is 5.11 Å². The Kier molecular flexibility index (Phi) is 3.13. The third-order valence-corrected chi connectivity index (χ3v) is 2.96. The molecule has 1 atom stereocenters. The lowest BCUT2D eigenvalue weighted by Crippen LogP contribution is -2.39. The number of benzene rings is 1. The van der Waals surface area contributed by atoms with E-state index in [-0.39, 0.29) is 23.5 Å². The topological polar surface area (TPSA) is 57.6 Å². The van der Waals surface area contributed by atoms with Crippen LogP contribution >= 0.6 is 0 Å². The van der Waals surface area contributed by atoms with Crippen molar-refractivity contribution in [1.82, 2.24) is 4.90 Å². The normalized spacial score (nSPS) is 17.1. The highest BCUT2D eigenvalue weighted by Crippen LogP contribution is 2.26. The lowest BCUT2D eigenvalue weighted by molar-refractivity contribution is -0.127. The predicted molar refractivity (Wildman–Crippen MR) is 58.2 cm³/mol. The van der Waals surface area contributed by atoms with E-state index in [9.17, 15) is 23.5 Å². The van der Waals surface area contributed by atoms with Gasteiger partial charge >= 0.3 is 0 Å². The summed E-state index contributed by atoms with van der Waals surface area (Å²) in [6.45, 7) is 0. The molecular weight excluding hydrogens is 244 g/mol. The van der Waals surface area contributed by atoms with Crippen molar-refractivity contribution < 1.29 is 23.5 Å². The van der Waals surface area contributed by atoms with Crippen LogP contribution in [0.2, 0.25) is 0 Å². The molecule has 1 aromatic carbocycles. The van der Waals surface area contributed by atoms with Gasteiger partial charge in [0.05, 0.1) is 6.42 Å². The lowest BCUT2D eigenvalue weighted by Gasteiger charge is -2.24. The molecule has 1 unspecified atom stereocenters. The largest absolute Gasteiger partial charge is 0.382 e. The molecule has 1 N–H and O–H groups in total. The summed E-state index contributed by atoms with van der Waals surface area (Å²) in [4.78, 5) is 24.2. The van der Waals surface area contributed by atoms with Crippen LogP contribution in [0.1, 0.15) is 27.6 Å². The van der Waals surface area contributed by atoms with E-state index in [4.69, 9.17) is 0 Å². The van der Waals surface area contributed by atoms with Gasteiger partial charge in [0.15, 0.2) is 0 Å². The molecule has 2 amide bonds. The van der Waals surface area contributed by atoms with E-state index in [2.05, 4.69) is 0 Å². The lowest BCUT2D eigenvalue weighted by atomic mass is 9.95. The molecular formula is C12H11F2NO3. The van der Waals surface area contributed by atoms with Gasteiger partial charge in [-0.1, -0.05) is 12.1 Å². The summed E-state index contributed by atoms with van der Waals surface area (Å²) >= 11 is 0. The Balaban J connectivity index is 2.44. The minimum absolute atomic E-state index is 0.0279. The number of carbonyl (C=O) groups excluding carboxylic acids is 2. The van der Waals surface area contributed by atoms with Gasteiger partial charge in [0.1, 0.15) is 6.10 Å². The number of imide groups is 1. The van der Waals surface area contributed by atoms with Crippen LogP contribution in [0.15, 0.2) is 18.2 Å². The Hall–Kier alpha value is -1.82.